The summed E-state index contributed by atoms with van der Waals surface area (Å²) in [6, 6.07) is 0. The lowest BCUT2D eigenvalue weighted by Gasteiger charge is -2.25. The second-order valence-corrected chi connectivity index (χ2v) is 3.35. The molecule has 70 valence electrons. The van der Waals surface area contributed by atoms with Crippen LogP contribution in [0, 0.1) is 0 Å². The summed E-state index contributed by atoms with van der Waals surface area (Å²) in [5.74, 6) is -0.255. The van der Waals surface area contributed by atoms with Gasteiger partial charge in [-0.15, -0.1) is 0 Å². The highest BCUT2D eigenvalue weighted by atomic mass is 16.5. The lowest BCUT2D eigenvalue weighted by atomic mass is 10.0. The normalized spacial score (nSPS) is 30.0. The fourth-order valence-corrected chi connectivity index (χ4v) is 1.47. The average molecular weight is 172 g/mol. The van der Waals surface area contributed by atoms with Gasteiger partial charge in [-0.05, 0) is 6.42 Å². The molecule has 0 saturated carbocycles. The number of carbonyl (C=O) groups excluding carboxylic acids is 1. The summed E-state index contributed by atoms with van der Waals surface area (Å²) in [5.41, 5.74) is 0. The maximum Gasteiger partial charge on any atom is 0.308 e. The lowest BCUT2D eigenvalue weighted by molar-refractivity contribution is -0.160. The summed E-state index contributed by atoms with van der Waals surface area (Å²) < 4.78 is 5.06. The van der Waals surface area contributed by atoms with Crippen LogP contribution in [-0.4, -0.2) is 23.3 Å². The number of hydrogen-bond acceptors (Lipinski definition) is 3. The summed E-state index contributed by atoms with van der Waals surface area (Å²) in [5, 5.41) is 9.25. The standard InChI is InChI=1S/C9H16O3/c1-2-3-4-8-5-7(10)6-9(11)12-8/h7-8,10H,2-6H2,1H3/t7-,8+/m1/s1. The maximum absolute atomic E-state index is 10.9. The van der Waals surface area contributed by atoms with Gasteiger partial charge >= 0.3 is 5.97 Å². The van der Waals surface area contributed by atoms with Crippen molar-refractivity contribution in [2.45, 2.75) is 51.2 Å². The van der Waals surface area contributed by atoms with Crippen LogP contribution in [0.25, 0.3) is 0 Å². The van der Waals surface area contributed by atoms with E-state index in [1.165, 1.54) is 0 Å². The van der Waals surface area contributed by atoms with E-state index in [4.69, 9.17) is 4.74 Å². The van der Waals surface area contributed by atoms with Crippen molar-refractivity contribution in [1.82, 2.24) is 0 Å². The number of rotatable bonds is 3. The van der Waals surface area contributed by atoms with Gasteiger partial charge in [-0.25, -0.2) is 0 Å². The van der Waals surface area contributed by atoms with E-state index in [1.54, 1.807) is 0 Å². The molecule has 1 fully saturated rings. The monoisotopic (exact) mass is 172 g/mol. The summed E-state index contributed by atoms with van der Waals surface area (Å²) in [7, 11) is 0. The Morgan fingerprint density at radius 1 is 1.67 bits per heavy atom. The zero-order valence-electron chi connectivity index (χ0n) is 7.45. The second-order valence-electron chi connectivity index (χ2n) is 3.35. The lowest BCUT2D eigenvalue weighted by Crippen LogP contribution is -2.32. The van der Waals surface area contributed by atoms with Crippen molar-refractivity contribution in [3.63, 3.8) is 0 Å². The predicted molar refractivity (Wildman–Crippen MR) is 44.6 cm³/mol. The van der Waals surface area contributed by atoms with Gasteiger partial charge in [0.2, 0.25) is 0 Å². The number of ether oxygens (including phenoxy) is 1. The highest BCUT2D eigenvalue weighted by Crippen LogP contribution is 2.19. The molecule has 3 heteroatoms. The third kappa shape index (κ3) is 2.81. The number of aliphatic hydroxyl groups excluding tert-OH is 1. The van der Waals surface area contributed by atoms with Crippen molar-refractivity contribution in [3.8, 4) is 0 Å². The Hall–Kier alpha value is -0.570. The first-order valence-corrected chi connectivity index (χ1v) is 4.60. The number of hydrogen-bond donors (Lipinski definition) is 1. The Labute approximate surface area is 72.7 Å². The molecule has 0 spiro atoms. The van der Waals surface area contributed by atoms with Crippen molar-refractivity contribution < 1.29 is 14.6 Å². The van der Waals surface area contributed by atoms with Crippen LogP contribution in [0.3, 0.4) is 0 Å². The molecule has 0 bridgehead atoms. The highest BCUT2D eigenvalue weighted by molar-refractivity contribution is 5.70. The summed E-state index contributed by atoms with van der Waals surface area (Å²) >= 11 is 0. The Bertz CT molecular complexity index is 156. The SMILES string of the molecule is CCCC[C@H]1C[C@@H](O)CC(=O)O1. The molecule has 1 saturated heterocycles. The highest BCUT2D eigenvalue weighted by Gasteiger charge is 2.26. The molecule has 1 N–H and O–H groups in total. The first kappa shape index (κ1) is 9.52. The minimum Gasteiger partial charge on any atom is -0.462 e. The van der Waals surface area contributed by atoms with Crippen LogP contribution in [0.1, 0.15) is 39.0 Å². The number of esters is 1. The summed E-state index contributed by atoms with van der Waals surface area (Å²) in [4.78, 5) is 10.9. The molecule has 1 aliphatic rings. The van der Waals surface area contributed by atoms with Gasteiger partial charge in [0.25, 0.3) is 0 Å². The molecular weight excluding hydrogens is 156 g/mol. The Morgan fingerprint density at radius 2 is 2.42 bits per heavy atom. The molecule has 0 aromatic carbocycles. The molecule has 0 amide bonds. The van der Waals surface area contributed by atoms with Crippen LogP contribution in [0.15, 0.2) is 0 Å². The summed E-state index contributed by atoms with van der Waals surface area (Å²) in [6.07, 6.45) is 3.32. The molecule has 0 unspecified atom stereocenters. The summed E-state index contributed by atoms with van der Waals surface area (Å²) in [6.45, 7) is 2.10. The van der Waals surface area contributed by atoms with Crippen LogP contribution in [0.4, 0.5) is 0 Å². The molecule has 1 aliphatic heterocycles. The van der Waals surface area contributed by atoms with E-state index in [2.05, 4.69) is 6.92 Å². The first-order valence-electron chi connectivity index (χ1n) is 4.60. The van der Waals surface area contributed by atoms with E-state index in [9.17, 15) is 9.90 Å². The topological polar surface area (TPSA) is 46.5 Å². The van der Waals surface area contributed by atoms with Crippen LogP contribution >= 0.6 is 0 Å². The number of aliphatic hydroxyl groups is 1. The second kappa shape index (κ2) is 4.45. The van der Waals surface area contributed by atoms with E-state index in [0.29, 0.717) is 6.42 Å². The minimum absolute atomic E-state index is 0.0406. The molecule has 2 atom stereocenters. The Balaban J connectivity index is 2.29. The van der Waals surface area contributed by atoms with Gasteiger partial charge in [-0.2, -0.15) is 0 Å². The van der Waals surface area contributed by atoms with Crippen molar-refractivity contribution in [1.29, 1.82) is 0 Å². The molecular formula is C9H16O3. The molecule has 1 heterocycles. The van der Waals surface area contributed by atoms with Gasteiger partial charge in [-0.3, -0.25) is 4.79 Å². The van der Waals surface area contributed by atoms with E-state index in [1.807, 2.05) is 0 Å². The van der Waals surface area contributed by atoms with E-state index >= 15 is 0 Å². The first-order chi connectivity index (χ1) is 5.72. The molecule has 0 aliphatic carbocycles. The Kier molecular flexibility index (Phi) is 3.53. The molecule has 1 rings (SSSR count). The number of cyclic esters (lactones) is 1. The van der Waals surface area contributed by atoms with Crippen LogP contribution in [-0.2, 0) is 9.53 Å². The molecule has 0 aromatic rings. The van der Waals surface area contributed by atoms with Crippen LogP contribution < -0.4 is 0 Å². The van der Waals surface area contributed by atoms with Crippen molar-refractivity contribution in [2.24, 2.45) is 0 Å². The van der Waals surface area contributed by atoms with Gasteiger partial charge in [0.15, 0.2) is 0 Å². The smallest absolute Gasteiger partial charge is 0.308 e. The van der Waals surface area contributed by atoms with Crippen molar-refractivity contribution in [3.05, 3.63) is 0 Å². The largest absolute Gasteiger partial charge is 0.462 e. The van der Waals surface area contributed by atoms with Crippen LogP contribution in [0.5, 0.6) is 0 Å². The Morgan fingerprint density at radius 3 is 3.00 bits per heavy atom. The third-order valence-corrected chi connectivity index (χ3v) is 2.12. The average Bonchev–Trinajstić information content (AvgIpc) is 1.99. The predicted octanol–water partition coefficient (Wildman–Crippen LogP) is 1.24. The van der Waals surface area contributed by atoms with E-state index in [0.717, 1.165) is 19.3 Å². The quantitative estimate of drug-likeness (QED) is 0.651. The molecule has 0 aromatic heterocycles. The van der Waals surface area contributed by atoms with Gasteiger partial charge in [-0.1, -0.05) is 19.8 Å². The van der Waals surface area contributed by atoms with E-state index < -0.39 is 6.10 Å². The van der Waals surface area contributed by atoms with E-state index in [-0.39, 0.29) is 18.5 Å². The third-order valence-electron chi connectivity index (χ3n) is 2.12. The van der Waals surface area contributed by atoms with Gasteiger partial charge in [0.05, 0.1) is 12.5 Å². The zero-order chi connectivity index (χ0) is 8.97. The van der Waals surface area contributed by atoms with Crippen molar-refractivity contribution in [2.75, 3.05) is 0 Å². The molecule has 12 heavy (non-hydrogen) atoms. The van der Waals surface area contributed by atoms with Crippen molar-refractivity contribution >= 4 is 5.97 Å². The molecule has 3 nitrogen and oxygen atoms in total. The number of unbranched alkanes of at least 4 members (excludes halogenated alkanes) is 1. The minimum atomic E-state index is -0.479. The fourth-order valence-electron chi connectivity index (χ4n) is 1.47. The van der Waals surface area contributed by atoms with Gasteiger partial charge in [0.1, 0.15) is 6.10 Å². The zero-order valence-corrected chi connectivity index (χ0v) is 7.45. The van der Waals surface area contributed by atoms with Gasteiger partial charge in [0, 0.05) is 6.42 Å². The number of carbonyl (C=O) groups is 1. The van der Waals surface area contributed by atoms with Crippen LogP contribution in [0.2, 0.25) is 0 Å². The maximum atomic E-state index is 10.9. The van der Waals surface area contributed by atoms with Gasteiger partial charge < -0.3 is 9.84 Å². The fraction of sp³-hybridized carbons (Fsp3) is 0.889. The molecule has 0 radical (unpaired) electrons.